The van der Waals surface area contributed by atoms with E-state index in [1.807, 2.05) is 30.3 Å². The maximum atomic E-state index is 12.3. The van der Waals surface area contributed by atoms with Crippen molar-refractivity contribution < 1.29 is 24.2 Å². The fraction of sp³-hybridized carbons (Fsp3) is 0.250. The first kappa shape index (κ1) is 20.0. The number of carboxylic acids is 1. The van der Waals surface area contributed by atoms with Gasteiger partial charge in [-0.2, -0.15) is 0 Å². The lowest BCUT2D eigenvalue weighted by atomic mass is 10.1. The summed E-state index contributed by atoms with van der Waals surface area (Å²) < 4.78 is 5.34. The van der Waals surface area contributed by atoms with E-state index in [0.717, 1.165) is 5.56 Å². The molecule has 0 aliphatic heterocycles. The Balaban J connectivity index is 1.95. The molecule has 2 aromatic rings. The van der Waals surface area contributed by atoms with Crippen molar-refractivity contribution in [1.29, 1.82) is 0 Å². The molecule has 0 radical (unpaired) electrons. The van der Waals surface area contributed by atoms with Crippen LogP contribution in [0, 0.1) is 0 Å². The lowest BCUT2D eigenvalue weighted by Crippen LogP contribution is -2.43. The van der Waals surface area contributed by atoms with Crippen molar-refractivity contribution in [3.63, 3.8) is 0 Å². The molecule has 0 saturated heterocycles. The zero-order valence-corrected chi connectivity index (χ0v) is 15.0. The Morgan fingerprint density at radius 3 is 2.37 bits per heavy atom. The number of rotatable bonds is 9. The Bertz CT molecular complexity index is 792. The van der Waals surface area contributed by atoms with Gasteiger partial charge in [-0.05, 0) is 23.3 Å². The minimum absolute atomic E-state index is 0.00967. The van der Waals surface area contributed by atoms with Gasteiger partial charge in [0.05, 0.1) is 6.42 Å². The van der Waals surface area contributed by atoms with E-state index in [2.05, 4.69) is 10.6 Å². The summed E-state index contributed by atoms with van der Waals surface area (Å²) in [5, 5.41) is 14.4. The third-order valence-electron chi connectivity index (χ3n) is 3.83. The van der Waals surface area contributed by atoms with Gasteiger partial charge in [-0.1, -0.05) is 42.5 Å². The van der Waals surface area contributed by atoms with E-state index in [-0.39, 0.29) is 25.4 Å². The summed E-state index contributed by atoms with van der Waals surface area (Å²) in [4.78, 5) is 34.9. The van der Waals surface area contributed by atoms with Gasteiger partial charge in [0.1, 0.15) is 11.8 Å². The number of likely N-dealkylation sites (N-methyl/N-ethyl adjacent to an activating group) is 1. The predicted molar refractivity (Wildman–Crippen MR) is 99.4 cm³/mol. The van der Waals surface area contributed by atoms with Crippen LogP contribution in [0.3, 0.4) is 0 Å². The van der Waals surface area contributed by atoms with E-state index in [9.17, 15) is 19.5 Å². The van der Waals surface area contributed by atoms with Crippen LogP contribution in [-0.2, 0) is 27.2 Å². The van der Waals surface area contributed by atoms with E-state index < -0.39 is 17.9 Å². The largest absolute Gasteiger partial charge is 0.484 e. The van der Waals surface area contributed by atoms with Crippen molar-refractivity contribution in [2.45, 2.75) is 18.9 Å². The number of carbonyl (C=O) groups excluding carboxylic acids is 2. The van der Waals surface area contributed by atoms with Gasteiger partial charge in [0.15, 0.2) is 6.61 Å². The molecular weight excluding hydrogens is 348 g/mol. The highest BCUT2D eigenvalue weighted by molar-refractivity contribution is 5.85. The molecule has 0 aliphatic carbocycles. The van der Waals surface area contributed by atoms with Gasteiger partial charge in [-0.3, -0.25) is 9.59 Å². The summed E-state index contributed by atoms with van der Waals surface area (Å²) >= 11 is 0. The molecule has 0 aliphatic rings. The van der Waals surface area contributed by atoms with Crippen molar-refractivity contribution in [3.05, 3.63) is 65.7 Å². The number of hydrogen-bond acceptors (Lipinski definition) is 4. The number of nitrogens with one attached hydrogen (secondary N) is 2. The summed E-state index contributed by atoms with van der Waals surface area (Å²) in [6.07, 6.45) is 0.215. The van der Waals surface area contributed by atoms with E-state index in [1.165, 1.54) is 7.05 Å². The number of ether oxygens (including phenoxy) is 1. The Morgan fingerprint density at radius 1 is 1.00 bits per heavy atom. The van der Waals surface area contributed by atoms with E-state index in [1.54, 1.807) is 24.3 Å². The highest BCUT2D eigenvalue weighted by atomic mass is 16.5. The summed E-state index contributed by atoms with van der Waals surface area (Å²) in [6, 6.07) is 14.9. The van der Waals surface area contributed by atoms with Crippen molar-refractivity contribution >= 4 is 17.8 Å². The lowest BCUT2D eigenvalue weighted by molar-refractivity contribution is -0.141. The van der Waals surface area contributed by atoms with Crippen LogP contribution in [0.4, 0.5) is 0 Å². The first-order chi connectivity index (χ1) is 13.0. The Morgan fingerprint density at radius 2 is 1.70 bits per heavy atom. The lowest BCUT2D eigenvalue weighted by Gasteiger charge is -2.15. The van der Waals surface area contributed by atoms with Crippen LogP contribution in [0.25, 0.3) is 0 Å². The number of amides is 2. The van der Waals surface area contributed by atoms with Crippen LogP contribution in [0.15, 0.2) is 54.6 Å². The summed E-state index contributed by atoms with van der Waals surface area (Å²) in [5.41, 5.74) is 1.49. The van der Waals surface area contributed by atoms with Gasteiger partial charge in [-0.25, -0.2) is 4.79 Å². The Labute approximate surface area is 157 Å². The second kappa shape index (κ2) is 9.96. The number of carboxylic acid groups (broad SMARTS) is 1. The maximum absolute atomic E-state index is 12.3. The molecule has 1 atom stereocenters. The molecule has 142 valence electrons. The standard InChI is InChI=1S/C20H22N2O5/c1-21-19(24)13-27-16-9-5-8-15(10-16)12-18(23)22-17(20(25)26)11-14-6-3-2-4-7-14/h2-10,17H,11-13H2,1H3,(H,21,24)(H,22,23)(H,25,26)/t17-/m1/s1. The average molecular weight is 370 g/mol. The molecule has 7 heteroatoms. The molecule has 0 heterocycles. The molecule has 0 fully saturated rings. The zero-order valence-electron chi connectivity index (χ0n) is 15.0. The van der Waals surface area contributed by atoms with Crippen LogP contribution in [0.1, 0.15) is 11.1 Å². The molecule has 0 aromatic heterocycles. The Kier molecular flexibility index (Phi) is 7.37. The minimum atomic E-state index is -1.09. The summed E-state index contributed by atoms with van der Waals surface area (Å²) in [5.74, 6) is -1.29. The van der Waals surface area contributed by atoms with Gasteiger partial charge < -0.3 is 20.5 Å². The zero-order chi connectivity index (χ0) is 19.6. The molecule has 27 heavy (non-hydrogen) atoms. The molecule has 2 rings (SSSR count). The molecule has 0 saturated carbocycles. The average Bonchev–Trinajstić information content (AvgIpc) is 2.66. The van der Waals surface area contributed by atoms with Crippen molar-refractivity contribution in [3.8, 4) is 5.75 Å². The number of aliphatic carboxylic acids is 1. The van der Waals surface area contributed by atoms with E-state index in [0.29, 0.717) is 11.3 Å². The fourth-order valence-corrected chi connectivity index (χ4v) is 2.45. The summed E-state index contributed by atoms with van der Waals surface area (Å²) in [7, 11) is 1.51. The molecule has 0 bridgehead atoms. The van der Waals surface area contributed by atoms with Crippen molar-refractivity contribution in [2.75, 3.05) is 13.7 Å². The van der Waals surface area contributed by atoms with Crippen molar-refractivity contribution in [2.24, 2.45) is 0 Å². The Hall–Kier alpha value is -3.35. The fourth-order valence-electron chi connectivity index (χ4n) is 2.45. The normalized spacial score (nSPS) is 11.3. The van der Waals surface area contributed by atoms with Crippen LogP contribution in [0.5, 0.6) is 5.75 Å². The first-order valence-electron chi connectivity index (χ1n) is 8.46. The van der Waals surface area contributed by atoms with Crippen LogP contribution in [-0.4, -0.2) is 42.6 Å². The van der Waals surface area contributed by atoms with E-state index in [4.69, 9.17) is 4.74 Å². The van der Waals surface area contributed by atoms with Gasteiger partial charge in [0, 0.05) is 13.5 Å². The van der Waals surface area contributed by atoms with Gasteiger partial charge in [-0.15, -0.1) is 0 Å². The molecule has 0 unspecified atom stereocenters. The van der Waals surface area contributed by atoms with Crippen LogP contribution < -0.4 is 15.4 Å². The first-order valence-corrected chi connectivity index (χ1v) is 8.46. The quantitative estimate of drug-likeness (QED) is 0.615. The third-order valence-corrected chi connectivity index (χ3v) is 3.83. The van der Waals surface area contributed by atoms with Crippen molar-refractivity contribution in [1.82, 2.24) is 10.6 Å². The second-order valence-corrected chi connectivity index (χ2v) is 5.93. The maximum Gasteiger partial charge on any atom is 0.326 e. The van der Waals surface area contributed by atoms with Gasteiger partial charge >= 0.3 is 5.97 Å². The van der Waals surface area contributed by atoms with Gasteiger partial charge in [0.2, 0.25) is 5.91 Å². The SMILES string of the molecule is CNC(=O)COc1cccc(CC(=O)N[C@H](Cc2ccccc2)C(=O)O)c1. The molecule has 2 amide bonds. The number of benzene rings is 2. The molecule has 2 aromatic carbocycles. The minimum Gasteiger partial charge on any atom is -0.484 e. The highest BCUT2D eigenvalue weighted by Gasteiger charge is 2.20. The monoisotopic (exact) mass is 370 g/mol. The molecule has 3 N–H and O–H groups in total. The van der Waals surface area contributed by atoms with Crippen LogP contribution >= 0.6 is 0 Å². The smallest absolute Gasteiger partial charge is 0.326 e. The molecular formula is C20H22N2O5. The van der Waals surface area contributed by atoms with Crippen LogP contribution in [0.2, 0.25) is 0 Å². The number of carbonyl (C=O) groups is 3. The molecule has 0 spiro atoms. The second-order valence-electron chi connectivity index (χ2n) is 5.93. The van der Waals surface area contributed by atoms with Gasteiger partial charge in [0.25, 0.3) is 5.91 Å². The van der Waals surface area contributed by atoms with E-state index >= 15 is 0 Å². The topological polar surface area (TPSA) is 105 Å². The highest BCUT2D eigenvalue weighted by Crippen LogP contribution is 2.14. The number of hydrogen-bond donors (Lipinski definition) is 3. The molecule has 7 nitrogen and oxygen atoms in total. The third kappa shape index (κ3) is 6.81. The summed E-state index contributed by atoms with van der Waals surface area (Å²) in [6.45, 7) is -0.121. The predicted octanol–water partition coefficient (Wildman–Crippen LogP) is 1.17.